The number of aliphatic carboxylic acids is 1. The predicted octanol–water partition coefficient (Wildman–Crippen LogP) is 0.959. The van der Waals surface area contributed by atoms with Gasteiger partial charge >= 0.3 is 5.97 Å². The second-order valence-electron chi connectivity index (χ2n) is 4.06. The molecule has 0 saturated heterocycles. The maximum atomic E-state index is 11.8. The number of carbonyl (C=O) groups excluding carboxylic acids is 1. The largest absolute Gasteiger partial charge is 0.481 e. The van der Waals surface area contributed by atoms with E-state index in [2.05, 4.69) is 0 Å². The Balaban J connectivity index is 1.89. The van der Waals surface area contributed by atoms with Crippen LogP contribution in [0.25, 0.3) is 0 Å². The van der Waals surface area contributed by atoms with Gasteiger partial charge in [0.2, 0.25) is 5.91 Å². The summed E-state index contributed by atoms with van der Waals surface area (Å²) in [4.78, 5) is 23.9. The molecule has 2 unspecified atom stereocenters. The molecule has 1 saturated carbocycles. The first-order chi connectivity index (χ1) is 7.59. The van der Waals surface area contributed by atoms with Crippen LogP contribution in [-0.4, -0.2) is 28.9 Å². The van der Waals surface area contributed by atoms with E-state index >= 15 is 0 Å². The molecule has 0 bridgehead atoms. The summed E-state index contributed by atoms with van der Waals surface area (Å²) in [6.45, 7) is 0.384. The van der Waals surface area contributed by atoms with E-state index in [1.807, 2.05) is 0 Å². The van der Waals surface area contributed by atoms with E-state index in [0.717, 1.165) is 0 Å². The highest BCUT2D eigenvalue weighted by Gasteiger charge is 2.49. The summed E-state index contributed by atoms with van der Waals surface area (Å²) in [7, 11) is 1.65. The monoisotopic (exact) mass is 223 g/mol. The first-order valence-corrected chi connectivity index (χ1v) is 5.09. The second kappa shape index (κ2) is 4.00. The molecule has 86 valence electrons. The van der Waals surface area contributed by atoms with Gasteiger partial charge in [-0.15, -0.1) is 0 Å². The lowest BCUT2D eigenvalue weighted by atomic mass is 10.3. The summed E-state index contributed by atoms with van der Waals surface area (Å²) in [6, 6.07) is 3.54. The summed E-state index contributed by atoms with van der Waals surface area (Å²) in [5.41, 5.74) is 0. The quantitative estimate of drug-likeness (QED) is 0.825. The Bertz CT molecular complexity index is 398. The number of nitrogens with zero attached hydrogens (tertiary/aromatic N) is 1. The SMILES string of the molecule is CN(Cc1ccco1)C(=O)C1CC1C(=O)O. The molecule has 0 radical (unpaired) electrons. The van der Waals surface area contributed by atoms with E-state index in [1.54, 1.807) is 25.4 Å². The first kappa shape index (κ1) is 10.7. The van der Waals surface area contributed by atoms with Crippen LogP contribution in [0, 0.1) is 11.8 Å². The van der Waals surface area contributed by atoms with Crippen LogP contribution in [0.1, 0.15) is 12.2 Å². The molecule has 1 aromatic rings. The van der Waals surface area contributed by atoms with Gasteiger partial charge in [-0.3, -0.25) is 9.59 Å². The molecule has 1 amide bonds. The van der Waals surface area contributed by atoms with Gasteiger partial charge in [0.1, 0.15) is 5.76 Å². The lowest BCUT2D eigenvalue weighted by Crippen LogP contribution is -2.28. The Morgan fingerprint density at radius 3 is 2.81 bits per heavy atom. The van der Waals surface area contributed by atoms with Crippen molar-refractivity contribution in [2.24, 2.45) is 11.8 Å². The van der Waals surface area contributed by atoms with Crippen molar-refractivity contribution in [3.05, 3.63) is 24.2 Å². The van der Waals surface area contributed by atoms with Gasteiger partial charge in [-0.05, 0) is 18.6 Å². The smallest absolute Gasteiger partial charge is 0.307 e. The highest BCUT2D eigenvalue weighted by Crippen LogP contribution is 2.40. The Kier molecular flexibility index (Phi) is 2.68. The summed E-state index contributed by atoms with van der Waals surface area (Å²) in [6.07, 6.45) is 2.00. The molecule has 5 nitrogen and oxygen atoms in total. The fraction of sp³-hybridized carbons (Fsp3) is 0.455. The van der Waals surface area contributed by atoms with E-state index in [9.17, 15) is 9.59 Å². The third kappa shape index (κ3) is 2.08. The molecule has 1 N–H and O–H groups in total. The van der Waals surface area contributed by atoms with Crippen molar-refractivity contribution in [3.8, 4) is 0 Å². The van der Waals surface area contributed by atoms with Crippen LogP contribution in [0.4, 0.5) is 0 Å². The Hall–Kier alpha value is -1.78. The highest BCUT2D eigenvalue weighted by molar-refractivity contribution is 5.89. The van der Waals surface area contributed by atoms with Crippen molar-refractivity contribution in [2.45, 2.75) is 13.0 Å². The number of hydrogen-bond donors (Lipinski definition) is 1. The average Bonchev–Trinajstić information content (AvgIpc) is 2.89. The minimum Gasteiger partial charge on any atom is -0.481 e. The predicted molar refractivity (Wildman–Crippen MR) is 54.4 cm³/mol. The van der Waals surface area contributed by atoms with Gasteiger partial charge in [0, 0.05) is 7.05 Å². The lowest BCUT2D eigenvalue weighted by Gasteiger charge is -2.15. The topological polar surface area (TPSA) is 70.8 Å². The number of carboxylic acid groups (broad SMARTS) is 1. The molecule has 0 aliphatic heterocycles. The van der Waals surface area contributed by atoms with Crippen LogP contribution in [-0.2, 0) is 16.1 Å². The molecule has 1 aromatic heterocycles. The maximum Gasteiger partial charge on any atom is 0.307 e. The summed E-state index contributed by atoms with van der Waals surface area (Å²) < 4.78 is 5.12. The van der Waals surface area contributed by atoms with Gasteiger partial charge < -0.3 is 14.4 Å². The molecule has 0 aromatic carbocycles. The van der Waals surface area contributed by atoms with E-state index in [1.165, 1.54) is 4.90 Å². The number of amides is 1. The lowest BCUT2D eigenvalue weighted by molar-refractivity contribution is -0.141. The van der Waals surface area contributed by atoms with Gasteiger partial charge in [0.25, 0.3) is 0 Å². The van der Waals surface area contributed by atoms with E-state index in [-0.39, 0.29) is 11.8 Å². The minimum atomic E-state index is -0.884. The van der Waals surface area contributed by atoms with Crippen molar-refractivity contribution in [1.29, 1.82) is 0 Å². The zero-order chi connectivity index (χ0) is 11.7. The van der Waals surface area contributed by atoms with Crippen LogP contribution in [0.3, 0.4) is 0 Å². The van der Waals surface area contributed by atoms with Gasteiger partial charge in [0.05, 0.1) is 24.6 Å². The Labute approximate surface area is 92.7 Å². The van der Waals surface area contributed by atoms with Crippen molar-refractivity contribution in [3.63, 3.8) is 0 Å². The van der Waals surface area contributed by atoms with Crippen molar-refractivity contribution < 1.29 is 19.1 Å². The summed E-state index contributed by atoms with van der Waals surface area (Å²) in [5, 5.41) is 8.72. The number of carboxylic acids is 1. The number of carbonyl (C=O) groups is 2. The Morgan fingerprint density at radius 2 is 2.31 bits per heavy atom. The van der Waals surface area contributed by atoms with Crippen LogP contribution in [0.5, 0.6) is 0 Å². The molecular formula is C11H13NO4. The number of rotatable bonds is 4. The second-order valence-corrected chi connectivity index (χ2v) is 4.06. The molecule has 1 fully saturated rings. The molecule has 5 heteroatoms. The molecule has 1 aliphatic carbocycles. The number of furan rings is 1. The van der Waals surface area contributed by atoms with Crippen LogP contribution < -0.4 is 0 Å². The summed E-state index contributed by atoms with van der Waals surface area (Å²) in [5.74, 6) is -1.15. The normalized spacial score (nSPS) is 22.8. The number of hydrogen-bond acceptors (Lipinski definition) is 3. The first-order valence-electron chi connectivity index (χ1n) is 5.09. The third-order valence-electron chi connectivity index (χ3n) is 2.77. The molecule has 16 heavy (non-hydrogen) atoms. The van der Waals surface area contributed by atoms with Gasteiger partial charge in [-0.25, -0.2) is 0 Å². The third-order valence-corrected chi connectivity index (χ3v) is 2.77. The maximum absolute atomic E-state index is 11.8. The van der Waals surface area contributed by atoms with Crippen LogP contribution in [0.15, 0.2) is 22.8 Å². The fourth-order valence-electron chi connectivity index (χ4n) is 1.74. The fourth-order valence-corrected chi connectivity index (χ4v) is 1.74. The van der Waals surface area contributed by atoms with Crippen LogP contribution >= 0.6 is 0 Å². The molecule has 1 aliphatic rings. The van der Waals surface area contributed by atoms with Crippen LogP contribution in [0.2, 0.25) is 0 Å². The Morgan fingerprint density at radius 1 is 1.56 bits per heavy atom. The van der Waals surface area contributed by atoms with Gasteiger partial charge in [0.15, 0.2) is 0 Å². The minimum absolute atomic E-state index is 0.121. The molecule has 2 rings (SSSR count). The summed E-state index contributed by atoms with van der Waals surface area (Å²) >= 11 is 0. The average molecular weight is 223 g/mol. The van der Waals surface area contributed by atoms with Crippen molar-refractivity contribution in [2.75, 3.05) is 7.05 Å². The van der Waals surface area contributed by atoms with E-state index < -0.39 is 11.9 Å². The zero-order valence-electron chi connectivity index (χ0n) is 8.92. The van der Waals surface area contributed by atoms with Gasteiger partial charge in [-0.1, -0.05) is 0 Å². The van der Waals surface area contributed by atoms with Crippen molar-refractivity contribution in [1.82, 2.24) is 4.90 Å². The highest BCUT2D eigenvalue weighted by atomic mass is 16.4. The molecule has 2 atom stereocenters. The van der Waals surface area contributed by atoms with Gasteiger partial charge in [-0.2, -0.15) is 0 Å². The van der Waals surface area contributed by atoms with Crippen molar-refractivity contribution >= 4 is 11.9 Å². The molecular weight excluding hydrogens is 210 g/mol. The van der Waals surface area contributed by atoms with E-state index in [4.69, 9.17) is 9.52 Å². The van der Waals surface area contributed by atoms with E-state index in [0.29, 0.717) is 18.7 Å². The molecule has 0 spiro atoms. The zero-order valence-corrected chi connectivity index (χ0v) is 8.92. The standard InChI is InChI=1S/C11H13NO4/c1-12(6-7-3-2-4-16-7)10(13)8-5-9(8)11(14)15/h2-4,8-9H,5-6H2,1H3,(H,14,15). The molecule has 1 heterocycles.